The van der Waals surface area contributed by atoms with Crippen molar-refractivity contribution in [3.05, 3.63) is 28.2 Å². The van der Waals surface area contributed by atoms with Crippen LogP contribution >= 0.6 is 15.9 Å². The Hall–Kier alpha value is -1.07. The Kier molecular flexibility index (Phi) is 7.08. The summed E-state index contributed by atoms with van der Waals surface area (Å²) < 4.78 is 6.53. The van der Waals surface area contributed by atoms with Crippen LogP contribution in [0.2, 0.25) is 0 Å². The molecule has 5 heteroatoms. The van der Waals surface area contributed by atoms with Crippen LogP contribution in [0.25, 0.3) is 0 Å². The molecule has 0 aromatic heterocycles. The number of hydrogen-bond acceptors (Lipinski definition) is 4. The predicted molar refractivity (Wildman–Crippen MR) is 96.4 cm³/mol. The van der Waals surface area contributed by atoms with E-state index in [1.54, 1.807) is 12.1 Å². The van der Waals surface area contributed by atoms with Gasteiger partial charge in [-0.3, -0.25) is 4.79 Å². The molecule has 4 nitrogen and oxygen atoms in total. The summed E-state index contributed by atoms with van der Waals surface area (Å²) in [6, 6.07) is 5.16. The molecule has 0 radical (unpaired) electrons. The van der Waals surface area contributed by atoms with Crippen molar-refractivity contribution in [2.75, 3.05) is 6.54 Å². The third-order valence-electron chi connectivity index (χ3n) is 3.99. The minimum absolute atomic E-state index is 0.155. The molecule has 0 aliphatic carbocycles. The van der Waals surface area contributed by atoms with E-state index in [1.807, 2.05) is 40.7 Å². The van der Waals surface area contributed by atoms with Crippen molar-refractivity contribution >= 4 is 21.9 Å². The summed E-state index contributed by atoms with van der Waals surface area (Å²) in [7, 11) is 0. The first kappa shape index (κ1) is 20.0. The summed E-state index contributed by atoms with van der Waals surface area (Å²) >= 11 is 3.47. The van der Waals surface area contributed by atoms with Gasteiger partial charge in [0.05, 0.1) is 5.41 Å². The van der Waals surface area contributed by atoms with Gasteiger partial charge in [0, 0.05) is 17.6 Å². The maximum absolute atomic E-state index is 12.6. The van der Waals surface area contributed by atoms with Crippen LogP contribution in [0.5, 0.6) is 5.75 Å². The van der Waals surface area contributed by atoms with Crippen LogP contribution in [-0.2, 0) is 16.1 Å². The van der Waals surface area contributed by atoms with Gasteiger partial charge in [0.2, 0.25) is 0 Å². The van der Waals surface area contributed by atoms with Gasteiger partial charge in [0.1, 0.15) is 11.4 Å². The molecule has 1 aromatic carbocycles. The summed E-state index contributed by atoms with van der Waals surface area (Å²) in [5.74, 6) is 0.0758. The SMILES string of the molecule is CCC(CC)(CNCc1cc(O)ccc1Br)C(=O)OC(C)(C)C. The van der Waals surface area contributed by atoms with Gasteiger partial charge in [-0.25, -0.2) is 0 Å². The third-order valence-corrected chi connectivity index (χ3v) is 4.77. The lowest BCUT2D eigenvalue weighted by Crippen LogP contribution is -2.43. The number of esters is 1. The number of benzene rings is 1. The third kappa shape index (κ3) is 5.81. The van der Waals surface area contributed by atoms with E-state index in [4.69, 9.17) is 4.74 Å². The van der Waals surface area contributed by atoms with Gasteiger partial charge in [-0.05, 0) is 57.4 Å². The number of nitrogens with one attached hydrogen (secondary N) is 1. The molecule has 23 heavy (non-hydrogen) atoms. The molecule has 1 rings (SSSR count). The number of carbonyl (C=O) groups is 1. The van der Waals surface area contributed by atoms with Crippen molar-refractivity contribution in [1.29, 1.82) is 0 Å². The lowest BCUT2D eigenvalue weighted by molar-refractivity contribution is -0.168. The summed E-state index contributed by atoms with van der Waals surface area (Å²) in [6.07, 6.45) is 1.43. The van der Waals surface area contributed by atoms with Gasteiger partial charge in [0.15, 0.2) is 0 Å². The number of hydrogen-bond donors (Lipinski definition) is 2. The number of ether oxygens (including phenoxy) is 1. The molecule has 0 fully saturated rings. The van der Waals surface area contributed by atoms with Gasteiger partial charge in [-0.15, -0.1) is 0 Å². The number of halogens is 1. The Bertz CT molecular complexity index is 534. The maximum atomic E-state index is 12.6. The second kappa shape index (κ2) is 8.15. The zero-order valence-electron chi connectivity index (χ0n) is 14.7. The zero-order valence-corrected chi connectivity index (χ0v) is 16.3. The van der Waals surface area contributed by atoms with Crippen molar-refractivity contribution in [3.63, 3.8) is 0 Å². The monoisotopic (exact) mass is 385 g/mol. The van der Waals surface area contributed by atoms with Crippen LogP contribution in [0, 0.1) is 5.41 Å². The van der Waals surface area contributed by atoms with Crippen LogP contribution in [-0.4, -0.2) is 23.2 Å². The highest BCUT2D eigenvalue weighted by molar-refractivity contribution is 9.10. The summed E-state index contributed by atoms with van der Waals surface area (Å²) in [5, 5.41) is 12.9. The zero-order chi connectivity index (χ0) is 17.7. The summed E-state index contributed by atoms with van der Waals surface area (Å²) in [5.41, 5.74) is -0.0624. The molecule has 0 atom stereocenters. The largest absolute Gasteiger partial charge is 0.508 e. The first-order chi connectivity index (χ1) is 10.6. The molecule has 0 aliphatic heterocycles. The molecule has 0 saturated heterocycles. The van der Waals surface area contributed by atoms with E-state index in [1.165, 1.54) is 0 Å². The number of rotatable bonds is 7. The highest BCUT2D eigenvalue weighted by Gasteiger charge is 2.38. The van der Waals surface area contributed by atoms with E-state index in [-0.39, 0.29) is 11.7 Å². The standard InChI is InChI=1S/C18H28BrNO3/c1-6-18(7-2,16(22)23-17(3,4)5)12-20-11-13-10-14(21)8-9-15(13)19/h8-10,20-21H,6-7,11-12H2,1-5H3. The summed E-state index contributed by atoms with van der Waals surface area (Å²) in [6.45, 7) is 10.8. The topological polar surface area (TPSA) is 58.6 Å². The first-order valence-electron chi connectivity index (χ1n) is 8.05. The van der Waals surface area contributed by atoms with Crippen LogP contribution < -0.4 is 5.32 Å². The van der Waals surface area contributed by atoms with Gasteiger partial charge in [-0.2, -0.15) is 0 Å². The van der Waals surface area contributed by atoms with E-state index in [0.29, 0.717) is 25.9 Å². The Morgan fingerprint density at radius 1 is 1.26 bits per heavy atom. The van der Waals surface area contributed by atoms with E-state index in [2.05, 4.69) is 21.2 Å². The van der Waals surface area contributed by atoms with E-state index >= 15 is 0 Å². The average Bonchev–Trinajstić information content (AvgIpc) is 2.45. The second-order valence-corrected chi connectivity index (χ2v) is 7.72. The first-order valence-corrected chi connectivity index (χ1v) is 8.84. The van der Waals surface area contributed by atoms with Crippen LogP contribution in [0.4, 0.5) is 0 Å². The smallest absolute Gasteiger partial charge is 0.313 e. The quantitative estimate of drug-likeness (QED) is 0.683. The van der Waals surface area contributed by atoms with Crippen molar-refractivity contribution < 1.29 is 14.6 Å². The molecular weight excluding hydrogens is 358 g/mol. The highest BCUT2D eigenvalue weighted by Crippen LogP contribution is 2.30. The Labute approximate surface area is 147 Å². The fourth-order valence-electron chi connectivity index (χ4n) is 2.38. The van der Waals surface area contributed by atoms with Gasteiger partial charge < -0.3 is 15.2 Å². The molecule has 2 N–H and O–H groups in total. The van der Waals surface area contributed by atoms with Crippen molar-refractivity contribution in [2.24, 2.45) is 5.41 Å². The lowest BCUT2D eigenvalue weighted by Gasteiger charge is -2.33. The fourth-order valence-corrected chi connectivity index (χ4v) is 2.77. The second-order valence-electron chi connectivity index (χ2n) is 6.87. The number of carbonyl (C=O) groups excluding carboxylic acids is 1. The van der Waals surface area contributed by atoms with Gasteiger partial charge >= 0.3 is 5.97 Å². The maximum Gasteiger partial charge on any atom is 0.313 e. The van der Waals surface area contributed by atoms with Crippen molar-refractivity contribution in [1.82, 2.24) is 5.32 Å². The number of aromatic hydroxyl groups is 1. The number of phenolic OH excluding ortho intramolecular Hbond substituents is 1. The minimum atomic E-state index is -0.531. The number of phenols is 1. The van der Waals surface area contributed by atoms with Crippen LogP contribution in [0.3, 0.4) is 0 Å². The predicted octanol–water partition coefficient (Wildman–Crippen LogP) is 4.39. The molecule has 0 aliphatic rings. The molecular formula is C18H28BrNO3. The van der Waals surface area contributed by atoms with Gasteiger partial charge in [0.25, 0.3) is 0 Å². The van der Waals surface area contributed by atoms with Crippen LogP contribution in [0.15, 0.2) is 22.7 Å². The minimum Gasteiger partial charge on any atom is -0.508 e. The molecule has 1 aromatic rings. The lowest BCUT2D eigenvalue weighted by atomic mass is 9.82. The van der Waals surface area contributed by atoms with Crippen LogP contribution in [0.1, 0.15) is 53.0 Å². The normalized spacial score (nSPS) is 12.3. The molecule has 0 unspecified atom stereocenters. The average molecular weight is 386 g/mol. The van der Waals surface area contributed by atoms with Crippen molar-refractivity contribution in [2.45, 2.75) is 59.6 Å². The molecule has 0 spiro atoms. The molecule has 130 valence electrons. The molecule has 0 amide bonds. The molecule has 0 saturated carbocycles. The highest BCUT2D eigenvalue weighted by atomic mass is 79.9. The Balaban J connectivity index is 2.76. The Morgan fingerprint density at radius 2 is 1.87 bits per heavy atom. The fraction of sp³-hybridized carbons (Fsp3) is 0.611. The van der Waals surface area contributed by atoms with Crippen molar-refractivity contribution in [3.8, 4) is 5.75 Å². The van der Waals surface area contributed by atoms with Gasteiger partial charge in [-0.1, -0.05) is 29.8 Å². The molecule has 0 heterocycles. The Morgan fingerprint density at radius 3 is 2.39 bits per heavy atom. The summed E-state index contributed by atoms with van der Waals surface area (Å²) in [4.78, 5) is 12.6. The van der Waals surface area contributed by atoms with E-state index in [9.17, 15) is 9.90 Å². The van der Waals surface area contributed by atoms with E-state index < -0.39 is 11.0 Å². The van der Waals surface area contributed by atoms with E-state index in [0.717, 1.165) is 10.0 Å². The molecule has 0 bridgehead atoms.